The summed E-state index contributed by atoms with van der Waals surface area (Å²) in [6.07, 6.45) is 1.61. The molecule has 0 unspecified atom stereocenters. The highest BCUT2D eigenvalue weighted by atomic mass is 32.2. The van der Waals surface area contributed by atoms with E-state index >= 15 is 0 Å². The number of hydrogen-bond donors (Lipinski definition) is 0. The Balaban J connectivity index is 1.35. The second kappa shape index (κ2) is 7.01. The molecule has 9 nitrogen and oxygen atoms in total. The second-order valence-electron chi connectivity index (χ2n) is 6.91. The van der Waals surface area contributed by atoms with E-state index in [2.05, 4.69) is 10.3 Å². The normalized spacial score (nSPS) is 18.7. The number of rotatable bonds is 5. The third-order valence-electron chi connectivity index (χ3n) is 5.06. The lowest BCUT2D eigenvalue weighted by Gasteiger charge is -2.34. The lowest BCUT2D eigenvalue weighted by molar-refractivity contribution is -0.132. The molecule has 0 N–H and O–H groups in total. The van der Waals surface area contributed by atoms with E-state index in [0.717, 1.165) is 12.8 Å². The molecule has 2 aliphatic rings. The molecule has 1 saturated heterocycles. The molecule has 0 bridgehead atoms. The Morgan fingerprint density at radius 2 is 1.81 bits per heavy atom. The molecular weight excluding hydrogens is 370 g/mol. The van der Waals surface area contributed by atoms with E-state index < -0.39 is 10.0 Å². The van der Waals surface area contributed by atoms with Crippen molar-refractivity contribution >= 4 is 26.8 Å². The zero-order valence-corrected chi connectivity index (χ0v) is 15.6. The van der Waals surface area contributed by atoms with Crippen molar-refractivity contribution in [1.82, 2.24) is 24.2 Å². The van der Waals surface area contributed by atoms with Crippen molar-refractivity contribution in [2.24, 2.45) is 0 Å². The average Bonchev–Trinajstić information content (AvgIpc) is 3.53. The number of benzene rings is 1. The van der Waals surface area contributed by atoms with Gasteiger partial charge in [0.05, 0.1) is 17.2 Å². The highest BCUT2D eigenvalue weighted by Crippen LogP contribution is 2.31. The van der Waals surface area contributed by atoms with Crippen LogP contribution in [-0.4, -0.2) is 70.0 Å². The Kier molecular flexibility index (Phi) is 4.68. The SMILES string of the molecule is O=C(CCn1nnc2ccccc2c1=O)N1CCN(S(=O)(=O)C2CC2)CC1. The van der Waals surface area contributed by atoms with E-state index in [4.69, 9.17) is 0 Å². The Labute approximate surface area is 156 Å². The van der Waals surface area contributed by atoms with Gasteiger partial charge < -0.3 is 4.90 Å². The van der Waals surface area contributed by atoms with Gasteiger partial charge in [-0.05, 0) is 25.0 Å². The van der Waals surface area contributed by atoms with Gasteiger partial charge in [-0.25, -0.2) is 13.1 Å². The first-order valence-corrected chi connectivity index (χ1v) is 10.6. The zero-order valence-electron chi connectivity index (χ0n) is 14.8. The molecular formula is C17H21N5O4S. The van der Waals surface area contributed by atoms with E-state index in [1.165, 1.54) is 8.99 Å². The fraction of sp³-hybridized carbons (Fsp3) is 0.529. The van der Waals surface area contributed by atoms with Gasteiger partial charge >= 0.3 is 0 Å². The molecule has 1 aliphatic carbocycles. The summed E-state index contributed by atoms with van der Waals surface area (Å²) in [5, 5.41) is 8.14. The number of carbonyl (C=O) groups is 1. The van der Waals surface area contributed by atoms with Crippen LogP contribution in [0.1, 0.15) is 19.3 Å². The molecule has 2 fully saturated rings. The molecule has 1 saturated carbocycles. The van der Waals surface area contributed by atoms with Crippen LogP contribution >= 0.6 is 0 Å². The summed E-state index contributed by atoms with van der Waals surface area (Å²) in [5.41, 5.74) is 0.256. The molecule has 2 aromatic rings. The van der Waals surface area contributed by atoms with Crippen LogP contribution in [0, 0.1) is 0 Å². The number of nitrogens with zero attached hydrogens (tertiary/aromatic N) is 5. The van der Waals surface area contributed by atoms with Gasteiger partial charge in [-0.3, -0.25) is 9.59 Å². The fourth-order valence-electron chi connectivity index (χ4n) is 3.30. The number of amides is 1. The van der Waals surface area contributed by atoms with Gasteiger partial charge in [0.2, 0.25) is 15.9 Å². The first-order valence-electron chi connectivity index (χ1n) is 9.06. The monoisotopic (exact) mass is 391 g/mol. The number of carbonyl (C=O) groups excluding carboxylic acids is 1. The summed E-state index contributed by atoms with van der Waals surface area (Å²) in [4.78, 5) is 26.5. The van der Waals surface area contributed by atoms with E-state index in [-0.39, 0.29) is 29.7 Å². The van der Waals surface area contributed by atoms with E-state index in [1.807, 2.05) is 0 Å². The van der Waals surface area contributed by atoms with Crippen molar-refractivity contribution in [2.75, 3.05) is 26.2 Å². The van der Waals surface area contributed by atoms with Crippen molar-refractivity contribution in [3.63, 3.8) is 0 Å². The predicted octanol–water partition coefficient (Wildman–Crippen LogP) is -0.182. The topological polar surface area (TPSA) is 105 Å². The molecule has 0 atom stereocenters. The lowest BCUT2D eigenvalue weighted by Crippen LogP contribution is -2.51. The largest absolute Gasteiger partial charge is 0.340 e. The fourth-order valence-corrected chi connectivity index (χ4v) is 5.12. The van der Waals surface area contributed by atoms with Gasteiger partial charge in [0.1, 0.15) is 5.52 Å². The smallest absolute Gasteiger partial charge is 0.277 e. The van der Waals surface area contributed by atoms with Gasteiger partial charge in [0, 0.05) is 32.6 Å². The molecule has 2 heterocycles. The van der Waals surface area contributed by atoms with Gasteiger partial charge in [0.15, 0.2) is 0 Å². The number of fused-ring (bicyclic) bond motifs is 1. The molecule has 10 heteroatoms. The molecule has 1 amide bonds. The molecule has 27 heavy (non-hydrogen) atoms. The lowest BCUT2D eigenvalue weighted by atomic mass is 10.2. The minimum Gasteiger partial charge on any atom is -0.340 e. The number of aromatic nitrogens is 3. The minimum atomic E-state index is -3.19. The van der Waals surface area contributed by atoms with Gasteiger partial charge in [-0.1, -0.05) is 17.3 Å². The Morgan fingerprint density at radius 3 is 2.52 bits per heavy atom. The highest BCUT2D eigenvalue weighted by molar-refractivity contribution is 7.90. The minimum absolute atomic E-state index is 0.111. The molecule has 144 valence electrons. The summed E-state index contributed by atoms with van der Waals surface area (Å²) in [6, 6.07) is 6.95. The van der Waals surface area contributed by atoms with Crippen molar-refractivity contribution in [1.29, 1.82) is 0 Å². The van der Waals surface area contributed by atoms with Crippen molar-refractivity contribution in [2.45, 2.75) is 31.1 Å². The van der Waals surface area contributed by atoms with Gasteiger partial charge in [-0.2, -0.15) is 4.31 Å². The van der Waals surface area contributed by atoms with Crippen molar-refractivity contribution in [3.8, 4) is 0 Å². The number of piperazine rings is 1. The van der Waals surface area contributed by atoms with Crippen LogP contribution in [0.4, 0.5) is 0 Å². The third kappa shape index (κ3) is 3.59. The number of sulfonamides is 1. The van der Waals surface area contributed by atoms with Crippen LogP contribution in [0.15, 0.2) is 29.1 Å². The van der Waals surface area contributed by atoms with Gasteiger partial charge in [0.25, 0.3) is 5.56 Å². The molecule has 1 aliphatic heterocycles. The molecule has 4 rings (SSSR count). The highest BCUT2D eigenvalue weighted by Gasteiger charge is 2.41. The van der Waals surface area contributed by atoms with E-state index in [1.54, 1.807) is 29.2 Å². The first kappa shape index (κ1) is 18.1. The summed E-state index contributed by atoms with van der Waals surface area (Å²) in [6.45, 7) is 1.57. The standard InChI is InChI=1S/C17H21N5O4S/c23-16(20-9-11-21(12-10-20)27(25,26)13-5-6-13)7-8-22-17(24)14-3-1-2-4-15(14)18-19-22/h1-4,13H,5-12H2. The van der Waals surface area contributed by atoms with Crippen LogP contribution in [0.25, 0.3) is 10.9 Å². The van der Waals surface area contributed by atoms with Crippen LogP contribution < -0.4 is 5.56 Å². The maximum Gasteiger partial charge on any atom is 0.277 e. The zero-order chi connectivity index (χ0) is 19.0. The maximum atomic E-state index is 12.4. The summed E-state index contributed by atoms with van der Waals surface area (Å²) in [7, 11) is -3.19. The van der Waals surface area contributed by atoms with Crippen LogP contribution in [0.3, 0.4) is 0 Å². The van der Waals surface area contributed by atoms with Crippen LogP contribution in [0.2, 0.25) is 0 Å². The van der Waals surface area contributed by atoms with Gasteiger partial charge in [-0.15, -0.1) is 5.10 Å². The van der Waals surface area contributed by atoms with Crippen LogP contribution in [-0.2, 0) is 21.4 Å². The predicted molar refractivity (Wildman–Crippen MR) is 98.5 cm³/mol. The maximum absolute atomic E-state index is 12.4. The molecule has 0 spiro atoms. The molecule has 0 radical (unpaired) electrons. The third-order valence-corrected chi connectivity index (χ3v) is 7.46. The van der Waals surface area contributed by atoms with Crippen LogP contribution in [0.5, 0.6) is 0 Å². The first-order chi connectivity index (χ1) is 13.0. The molecule has 1 aromatic carbocycles. The number of hydrogen-bond acceptors (Lipinski definition) is 6. The Bertz CT molecular complexity index is 1020. The Hall–Kier alpha value is -2.33. The molecule has 1 aromatic heterocycles. The Morgan fingerprint density at radius 1 is 1.11 bits per heavy atom. The summed E-state index contributed by atoms with van der Waals surface area (Å²) < 4.78 is 27.2. The average molecular weight is 391 g/mol. The number of aryl methyl sites for hydroxylation is 1. The summed E-state index contributed by atoms with van der Waals surface area (Å²) >= 11 is 0. The van der Waals surface area contributed by atoms with E-state index in [0.29, 0.717) is 37.1 Å². The quantitative estimate of drug-likeness (QED) is 0.700. The van der Waals surface area contributed by atoms with Crippen molar-refractivity contribution < 1.29 is 13.2 Å². The second-order valence-corrected chi connectivity index (χ2v) is 9.12. The van der Waals surface area contributed by atoms with Crippen molar-refractivity contribution in [3.05, 3.63) is 34.6 Å². The van der Waals surface area contributed by atoms with E-state index in [9.17, 15) is 18.0 Å². The summed E-state index contributed by atoms with van der Waals surface area (Å²) in [5.74, 6) is -0.111.